The highest BCUT2D eigenvalue weighted by Gasteiger charge is 1.84. The first-order valence-corrected chi connectivity index (χ1v) is 5.28. The van der Waals surface area contributed by atoms with E-state index in [0.29, 0.717) is 6.61 Å². The molecular weight excluding hydrogens is 160 g/mol. The average molecular weight is 182 g/mol. The number of rotatable bonds is 8. The fourth-order valence-corrected chi connectivity index (χ4v) is 1.15. The number of unbranched alkanes of at least 4 members (excludes halogenated alkanes) is 4. The second-order valence-electron chi connectivity index (χ2n) is 3.19. The Balaban J connectivity index is 3.03. The predicted octanol–water partition coefficient (Wildman–Crippen LogP) is 3.45. The van der Waals surface area contributed by atoms with Crippen molar-refractivity contribution in [3.05, 3.63) is 24.3 Å². The van der Waals surface area contributed by atoms with E-state index in [-0.39, 0.29) is 0 Å². The molecule has 0 amide bonds. The summed E-state index contributed by atoms with van der Waals surface area (Å²) < 4.78 is 0. The molecule has 0 aliphatic rings. The van der Waals surface area contributed by atoms with Gasteiger partial charge in [-0.1, -0.05) is 30.7 Å². The Labute approximate surface area is 82.2 Å². The lowest BCUT2D eigenvalue weighted by Gasteiger charge is -1.93. The van der Waals surface area contributed by atoms with E-state index in [4.69, 9.17) is 5.11 Å². The standard InChI is InChI=1S/C12H22O/c1-2-3-4-5-6-7-8-9-10-11-12-13/h2-3,6-7,13H,4-5,8-12H2,1H3. The van der Waals surface area contributed by atoms with Crippen LogP contribution in [0.15, 0.2) is 24.3 Å². The molecule has 0 aromatic carbocycles. The molecule has 0 spiro atoms. The molecule has 0 aromatic rings. The largest absolute Gasteiger partial charge is 0.396 e. The van der Waals surface area contributed by atoms with Gasteiger partial charge in [-0.15, -0.1) is 0 Å². The quantitative estimate of drug-likeness (QED) is 0.450. The van der Waals surface area contributed by atoms with Crippen molar-refractivity contribution in [3.63, 3.8) is 0 Å². The van der Waals surface area contributed by atoms with Gasteiger partial charge in [-0.05, 0) is 39.0 Å². The van der Waals surface area contributed by atoms with Gasteiger partial charge in [0.1, 0.15) is 0 Å². The van der Waals surface area contributed by atoms with Gasteiger partial charge in [-0.2, -0.15) is 0 Å². The second kappa shape index (κ2) is 11.4. The van der Waals surface area contributed by atoms with Crippen LogP contribution >= 0.6 is 0 Å². The molecule has 1 nitrogen and oxygen atoms in total. The summed E-state index contributed by atoms with van der Waals surface area (Å²) in [6, 6.07) is 0. The van der Waals surface area contributed by atoms with Crippen molar-refractivity contribution in [1.82, 2.24) is 0 Å². The van der Waals surface area contributed by atoms with E-state index < -0.39 is 0 Å². The van der Waals surface area contributed by atoms with E-state index in [2.05, 4.69) is 31.2 Å². The maximum atomic E-state index is 8.54. The van der Waals surface area contributed by atoms with Crippen molar-refractivity contribution < 1.29 is 5.11 Å². The number of hydrogen-bond acceptors (Lipinski definition) is 1. The smallest absolute Gasteiger partial charge is 0.0431 e. The highest BCUT2D eigenvalue weighted by molar-refractivity contribution is 4.86. The molecule has 0 aliphatic heterocycles. The van der Waals surface area contributed by atoms with Crippen molar-refractivity contribution >= 4 is 0 Å². The number of allylic oxidation sites excluding steroid dienone is 4. The minimum Gasteiger partial charge on any atom is -0.396 e. The molecule has 1 heteroatoms. The Morgan fingerprint density at radius 1 is 0.846 bits per heavy atom. The Morgan fingerprint density at radius 2 is 1.54 bits per heavy atom. The first-order valence-electron chi connectivity index (χ1n) is 5.28. The monoisotopic (exact) mass is 182 g/mol. The van der Waals surface area contributed by atoms with Gasteiger partial charge in [-0.3, -0.25) is 0 Å². The van der Waals surface area contributed by atoms with Crippen molar-refractivity contribution in [1.29, 1.82) is 0 Å². The Morgan fingerprint density at radius 3 is 2.23 bits per heavy atom. The lowest BCUT2D eigenvalue weighted by atomic mass is 10.2. The van der Waals surface area contributed by atoms with E-state index in [9.17, 15) is 0 Å². The summed E-state index contributed by atoms with van der Waals surface area (Å²) in [5.74, 6) is 0. The van der Waals surface area contributed by atoms with Crippen LogP contribution in [-0.2, 0) is 0 Å². The summed E-state index contributed by atoms with van der Waals surface area (Å²) >= 11 is 0. The molecular formula is C12H22O. The van der Waals surface area contributed by atoms with E-state index in [1.54, 1.807) is 0 Å². The summed E-state index contributed by atoms with van der Waals surface area (Å²) in [4.78, 5) is 0. The maximum Gasteiger partial charge on any atom is 0.0431 e. The fourth-order valence-electron chi connectivity index (χ4n) is 1.15. The summed E-state index contributed by atoms with van der Waals surface area (Å²) in [7, 11) is 0. The third kappa shape index (κ3) is 11.4. The van der Waals surface area contributed by atoms with Crippen LogP contribution in [0.2, 0.25) is 0 Å². The van der Waals surface area contributed by atoms with Crippen molar-refractivity contribution in [2.45, 2.75) is 45.4 Å². The van der Waals surface area contributed by atoms with Crippen LogP contribution < -0.4 is 0 Å². The normalized spacial score (nSPS) is 11.8. The molecule has 0 aliphatic carbocycles. The van der Waals surface area contributed by atoms with Crippen molar-refractivity contribution in [2.75, 3.05) is 6.61 Å². The van der Waals surface area contributed by atoms with Crippen LogP contribution in [0.5, 0.6) is 0 Å². The van der Waals surface area contributed by atoms with Gasteiger partial charge in [-0.25, -0.2) is 0 Å². The zero-order valence-corrected chi connectivity index (χ0v) is 8.71. The third-order valence-electron chi connectivity index (χ3n) is 1.93. The summed E-state index contributed by atoms with van der Waals surface area (Å²) in [5, 5.41) is 8.54. The Bertz CT molecular complexity index is 136. The van der Waals surface area contributed by atoms with E-state index in [1.807, 2.05) is 0 Å². The molecule has 76 valence electrons. The lowest BCUT2D eigenvalue weighted by Crippen LogP contribution is -1.81. The van der Waals surface area contributed by atoms with E-state index in [0.717, 1.165) is 32.1 Å². The van der Waals surface area contributed by atoms with Gasteiger partial charge >= 0.3 is 0 Å². The summed E-state index contributed by atoms with van der Waals surface area (Å²) in [6.07, 6.45) is 15.6. The first kappa shape index (κ1) is 12.4. The minimum absolute atomic E-state index is 0.338. The molecule has 13 heavy (non-hydrogen) atoms. The molecule has 0 rings (SSSR count). The van der Waals surface area contributed by atoms with Gasteiger partial charge in [0, 0.05) is 6.61 Å². The van der Waals surface area contributed by atoms with Crippen LogP contribution in [0, 0.1) is 0 Å². The van der Waals surface area contributed by atoms with Crippen molar-refractivity contribution in [2.24, 2.45) is 0 Å². The zero-order valence-electron chi connectivity index (χ0n) is 8.71. The van der Waals surface area contributed by atoms with E-state index >= 15 is 0 Å². The minimum atomic E-state index is 0.338. The van der Waals surface area contributed by atoms with Crippen LogP contribution in [0.4, 0.5) is 0 Å². The van der Waals surface area contributed by atoms with Gasteiger partial charge in [0.2, 0.25) is 0 Å². The van der Waals surface area contributed by atoms with Gasteiger partial charge in [0.05, 0.1) is 0 Å². The Hall–Kier alpha value is -0.560. The summed E-state index contributed by atoms with van der Waals surface area (Å²) in [5.41, 5.74) is 0. The number of aliphatic hydroxyl groups is 1. The SMILES string of the molecule is CC=CCCC=CCCCCCO. The second-order valence-corrected chi connectivity index (χ2v) is 3.19. The maximum absolute atomic E-state index is 8.54. The molecule has 0 atom stereocenters. The molecule has 0 radical (unpaired) electrons. The molecule has 0 heterocycles. The lowest BCUT2D eigenvalue weighted by molar-refractivity contribution is 0.283. The molecule has 1 N–H and O–H groups in total. The molecule has 0 saturated carbocycles. The van der Waals surface area contributed by atoms with Crippen molar-refractivity contribution in [3.8, 4) is 0 Å². The predicted molar refractivity (Wildman–Crippen MR) is 58.7 cm³/mol. The van der Waals surface area contributed by atoms with Gasteiger partial charge in [0.25, 0.3) is 0 Å². The Kier molecular flexibility index (Phi) is 10.9. The molecule has 0 saturated heterocycles. The molecule has 0 aromatic heterocycles. The van der Waals surface area contributed by atoms with Gasteiger partial charge < -0.3 is 5.11 Å². The van der Waals surface area contributed by atoms with Gasteiger partial charge in [0.15, 0.2) is 0 Å². The highest BCUT2D eigenvalue weighted by Crippen LogP contribution is 2.01. The summed E-state index contributed by atoms with van der Waals surface area (Å²) in [6.45, 7) is 2.39. The first-order chi connectivity index (χ1) is 6.41. The third-order valence-corrected chi connectivity index (χ3v) is 1.93. The molecule has 0 bridgehead atoms. The zero-order chi connectivity index (χ0) is 9.78. The fraction of sp³-hybridized carbons (Fsp3) is 0.667. The number of hydrogen-bond donors (Lipinski definition) is 1. The molecule has 0 unspecified atom stereocenters. The topological polar surface area (TPSA) is 20.2 Å². The van der Waals surface area contributed by atoms with Crippen LogP contribution in [-0.4, -0.2) is 11.7 Å². The van der Waals surface area contributed by atoms with Crippen LogP contribution in [0.25, 0.3) is 0 Å². The molecule has 0 fully saturated rings. The average Bonchev–Trinajstić information content (AvgIpc) is 2.16. The van der Waals surface area contributed by atoms with Crippen LogP contribution in [0.3, 0.4) is 0 Å². The highest BCUT2D eigenvalue weighted by atomic mass is 16.2. The van der Waals surface area contributed by atoms with E-state index in [1.165, 1.54) is 6.42 Å². The van der Waals surface area contributed by atoms with Crippen LogP contribution in [0.1, 0.15) is 45.4 Å². The number of aliphatic hydroxyl groups excluding tert-OH is 1.